The third kappa shape index (κ3) is 2.59. The molecule has 0 atom stereocenters. The van der Waals surface area contributed by atoms with E-state index in [1.807, 2.05) is 24.3 Å². The number of aromatic amines is 1. The number of nitrogens with zero attached hydrogens (tertiary/aromatic N) is 2. The van der Waals surface area contributed by atoms with Gasteiger partial charge in [-0.3, -0.25) is 9.89 Å². The molecule has 0 unspecified atom stereocenters. The number of benzene rings is 1. The summed E-state index contributed by atoms with van der Waals surface area (Å²) in [5, 5.41) is 9.12. The Balaban J connectivity index is 1.67. The number of nitrogen functional groups attached to an aromatic ring is 1. The molecule has 2 heterocycles. The summed E-state index contributed by atoms with van der Waals surface area (Å²) >= 11 is 0. The quantitative estimate of drug-likeness (QED) is 0.795. The number of anilines is 3. The number of amides is 1. The van der Waals surface area contributed by atoms with Gasteiger partial charge in [-0.1, -0.05) is 0 Å². The van der Waals surface area contributed by atoms with Gasteiger partial charge in [0.05, 0.1) is 0 Å². The fourth-order valence-corrected chi connectivity index (χ4v) is 2.38. The van der Waals surface area contributed by atoms with E-state index in [4.69, 9.17) is 5.73 Å². The first kappa shape index (κ1) is 12.5. The van der Waals surface area contributed by atoms with Crippen LogP contribution in [0.15, 0.2) is 30.3 Å². The van der Waals surface area contributed by atoms with Crippen molar-refractivity contribution in [2.75, 3.05) is 29.0 Å². The van der Waals surface area contributed by atoms with Gasteiger partial charge in [0, 0.05) is 30.5 Å². The molecule has 0 radical (unpaired) electrons. The minimum absolute atomic E-state index is 0.247. The Hall–Kier alpha value is -2.50. The molecule has 6 heteroatoms. The van der Waals surface area contributed by atoms with Crippen LogP contribution in [0, 0.1) is 0 Å². The van der Waals surface area contributed by atoms with E-state index in [-0.39, 0.29) is 5.91 Å². The maximum absolute atomic E-state index is 11.9. The second-order valence-corrected chi connectivity index (χ2v) is 4.90. The predicted molar refractivity (Wildman–Crippen MR) is 78.8 cm³/mol. The highest BCUT2D eigenvalue weighted by atomic mass is 16.1. The van der Waals surface area contributed by atoms with Gasteiger partial charge in [0.1, 0.15) is 11.5 Å². The SMILES string of the molecule is Nc1cc(C(=O)Nc2ccc(N3CCCC3)cc2)[nH]n1. The molecule has 2 aromatic rings. The zero-order valence-corrected chi connectivity index (χ0v) is 11.1. The van der Waals surface area contributed by atoms with Crippen molar-refractivity contribution in [3.63, 3.8) is 0 Å². The van der Waals surface area contributed by atoms with Crippen molar-refractivity contribution in [2.45, 2.75) is 12.8 Å². The van der Waals surface area contributed by atoms with E-state index in [9.17, 15) is 4.79 Å². The molecular formula is C14H17N5O. The fourth-order valence-electron chi connectivity index (χ4n) is 2.38. The van der Waals surface area contributed by atoms with Crippen LogP contribution in [0.3, 0.4) is 0 Å². The monoisotopic (exact) mass is 271 g/mol. The number of nitrogens with one attached hydrogen (secondary N) is 2. The van der Waals surface area contributed by atoms with Crippen molar-refractivity contribution in [3.05, 3.63) is 36.0 Å². The van der Waals surface area contributed by atoms with Crippen molar-refractivity contribution in [1.29, 1.82) is 0 Å². The van der Waals surface area contributed by atoms with Crippen LogP contribution in [0.1, 0.15) is 23.3 Å². The fraction of sp³-hybridized carbons (Fsp3) is 0.286. The number of hydrogen-bond donors (Lipinski definition) is 3. The average Bonchev–Trinajstić information content (AvgIpc) is 3.10. The Morgan fingerprint density at radius 3 is 2.55 bits per heavy atom. The molecule has 0 aliphatic carbocycles. The maximum Gasteiger partial charge on any atom is 0.273 e. The molecule has 20 heavy (non-hydrogen) atoms. The van der Waals surface area contributed by atoms with Crippen molar-refractivity contribution >= 4 is 23.1 Å². The topological polar surface area (TPSA) is 87.0 Å². The van der Waals surface area contributed by atoms with E-state index in [0.29, 0.717) is 11.5 Å². The standard InChI is InChI=1S/C14H17N5O/c15-13-9-12(17-18-13)14(20)16-10-3-5-11(6-4-10)19-7-1-2-8-19/h3-6,9H,1-2,7-8H2,(H,16,20)(H3,15,17,18). The van der Waals surface area contributed by atoms with Gasteiger partial charge in [-0.15, -0.1) is 0 Å². The first-order chi connectivity index (χ1) is 9.72. The van der Waals surface area contributed by atoms with Gasteiger partial charge in [0.15, 0.2) is 0 Å². The normalized spacial score (nSPS) is 14.5. The Morgan fingerprint density at radius 1 is 1.25 bits per heavy atom. The Labute approximate surface area is 117 Å². The largest absolute Gasteiger partial charge is 0.382 e. The van der Waals surface area contributed by atoms with Crippen LogP contribution >= 0.6 is 0 Å². The molecule has 0 bridgehead atoms. The summed E-state index contributed by atoms with van der Waals surface area (Å²) in [6.45, 7) is 2.22. The van der Waals surface area contributed by atoms with Crippen LogP contribution in [-0.4, -0.2) is 29.2 Å². The molecule has 1 aliphatic heterocycles. The zero-order valence-electron chi connectivity index (χ0n) is 11.1. The summed E-state index contributed by atoms with van der Waals surface area (Å²) in [5.41, 5.74) is 7.78. The minimum Gasteiger partial charge on any atom is -0.382 e. The van der Waals surface area contributed by atoms with Crippen molar-refractivity contribution in [2.24, 2.45) is 0 Å². The lowest BCUT2D eigenvalue weighted by atomic mass is 10.2. The second kappa shape index (κ2) is 5.24. The predicted octanol–water partition coefficient (Wildman–Crippen LogP) is 1.84. The first-order valence-corrected chi connectivity index (χ1v) is 6.69. The lowest BCUT2D eigenvalue weighted by Crippen LogP contribution is -2.17. The lowest BCUT2D eigenvalue weighted by Gasteiger charge is -2.17. The molecule has 3 rings (SSSR count). The molecule has 0 saturated carbocycles. The number of carbonyl (C=O) groups excluding carboxylic acids is 1. The third-order valence-electron chi connectivity index (χ3n) is 3.44. The molecule has 4 N–H and O–H groups in total. The van der Waals surface area contributed by atoms with Gasteiger partial charge in [-0.25, -0.2) is 0 Å². The molecule has 6 nitrogen and oxygen atoms in total. The summed E-state index contributed by atoms with van der Waals surface area (Å²) in [7, 11) is 0. The van der Waals surface area contributed by atoms with Crippen LogP contribution in [0.4, 0.5) is 17.2 Å². The van der Waals surface area contributed by atoms with Crippen LogP contribution in [0.5, 0.6) is 0 Å². The van der Waals surface area contributed by atoms with Crippen molar-refractivity contribution < 1.29 is 4.79 Å². The molecule has 1 aromatic heterocycles. The van der Waals surface area contributed by atoms with Gasteiger partial charge in [-0.05, 0) is 37.1 Å². The molecule has 1 aliphatic rings. The van der Waals surface area contributed by atoms with Gasteiger partial charge in [0.25, 0.3) is 5.91 Å². The van der Waals surface area contributed by atoms with Crippen LogP contribution < -0.4 is 16.0 Å². The molecule has 1 fully saturated rings. The number of carbonyl (C=O) groups is 1. The third-order valence-corrected chi connectivity index (χ3v) is 3.44. The molecule has 104 valence electrons. The summed E-state index contributed by atoms with van der Waals surface area (Å²) < 4.78 is 0. The van der Waals surface area contributed by atoms with Crippen molar-refractivity contribution in [1.82, 2.24) is 10.2 Å². The summed E-state index contributed by atoms with van der Waals surface area (Å²) in [6.07, 6.45) is 2.50. The van der Waals surface area contributed by atoms with E-state index >= 15 is 0 Å². The Bertz CT molecular complexity index is 598. The second-order valence-electron chi connectivity index (χ2n) is 4.90. The van der Waals surface area contributed by atoms with E-state index in [0.717, 1.165) is 18.8 Å². The molecule has 1 saturated heterocycles. The van der Waals surface area contributed by atoms with Gasteiger partial charge >= 0.3 is 0 Å². The van der Waals surface area contributed by atoms with Gasteiger partial charge < -0.3 is 16.0 Å². The highest BCUT2D eigenvalue weighted by Gasteiger charge is 2.13. The van der Waals surface area contributed by atoms with Crippen molar-refractivity contribution in [3.8, 4) is 0 Å². The van der Waals surface area contributed by atoms with Crippen LogP contribution in [0.2, 0.25) is 0 Å². The average molecular weight is 271 g/mol. The summed E-state index contributed by atoms with van der Waals surface area (Å²) in [6, 6.07) is 9.38. The highest BCUT2D eigenvalue weighted by Crippen LogP contribution is 2.22. The number of hydrogen-bond acceptors (Lipinski definition) is 4. The number of H-pyrrole nitrogens is 1. The number of rotatable bonds is 3. The van der Waals surface area contributed by atoms with E-state index in [2.05, 4.69) is 20.4 Å². The van der Waals surface area contributed by atoms with E-state index in [1.54, 1.807) is 0 Å². The molecular weight excluding hydrogens is 254 g/mol. The van der Waals surface area contributed by atoms with Gasteiger partial charge in [0.2, 0.25) is 0 Å². The zero-order chi connectivity index (χ0) is 13.9. The molecule has 0 spiro atoms. The van der Waals surface area contributed by atoms with Gasteiger partial charge in [-0.2, -0.15) is 5.10 Å². The Morgan fingerprint density at radius 2 is 1.95 bits per heavy atom. The van der Waals surface area contributed by atoms with E-state index < -0.39 is 0 Å². The Kier molecular flexibility index (Phi) is 3.28. The summed E-state index contributed by atoms with van der Waals surface area (Å²) in [5.74, 6) is 0.0580. The smallest absolute Gasteiger partial charge is 0.273 e. The molecule has 1 amide bonds. The van der Waals surface area contributed by atoms with E-state index in [1.165, 1.54) is 24.6 Å². The van der Waals surface area contributed by atoms with Crippen LogP contribution in [-0.2, 0) is 0 Å². The number of aromatic nitrogens is 2. The highest BCUT2D eigenvalue weighted by molar-refractivity contribution is 6.03. The number of nitrogens with two attached hydrogens (primary N) is 1. The van der Waals surface area contributed by atoms with Crippen LogP contribution in [0.25, 0.3) is 0 Å². The molecule has 1 aromatic carbocycles. The lowest BCUT2D eigenvalue weighted by molar-refractivity contribution is 0.102. The minimum atomic E-state index is -0.247. The summed E-state index contributed by atoms with van der Waals surface area (Å²) in [4.78, 5) is 14.3. The maximum atomic E-state index is 11.9. The first-order valence-electron chi connectivity index (χ1n) is 6.69.